The van der Waals surface area contributed by atoms with Crippen LogP contribution in [-0.4, -0.2) is 24.8 Å². The van der Waals surface area contributed by atoms with Gasteiger partial charge in [0.15, 0.2) is 0 Å². The van der Waals surface area contributed by atoms with Crippen LogP contribution < -0.4 is 0 Å². The predicted octanol–water partition coefficient (Wildman–Crippen LogP) is 4.18. The molecule has 0 unspecified atom stereocenters. The first kappa shape index (κ1) is 16.4. The smallest absolute Gasteiger partial charge is 0.139 e. The van der Waals surface area contributed by atoms with Gasteiger partial charge in [-0.05, 0) is 42.4 Å². The van der Waals surface area contributed by atoms with Crippen molar-refractivity contribution in [1.82, 2.24) is 4.90 Å². The van der Waals surface area contributed by atoms with E-state index in [1.54, 1.807) is 0 Å². The average Bonchev–Trinajstić information content (AvgIpc) is 2.47. The quantitative estimate of drug-likeness (QED) is 0.796. The van der Waals surface area contributed by atoms with Gasteiger partial charge in [0.25, 0.3) is 0 Å². The Balaban J connectivity index is 2.15. The van der Waals surface area contributed by atoms with Crippen LogP contribution >= 0.6 is 0 Å². The third kappa shape index (κ3) is 4.54. The maximum absolute atomic E-state index is 11.8. The summed E-state index contributed by atoms with van der Waals surface area (Å²) < 4.78 is 0. The lowest BCUT2D eigenvalue weighted by atomic mass is 9.98. The fourth-order valence-electron chi connectivity index (χ4n) is 2.43. The van der Waals surface area contributed by atoms with Crippen molar-refractivity contribution in [3.05, 3.63) is 59.7 Å². The molecule has 2 aromatic rings. The van der Waals surface area contributed by atoms with Crippen LogP contribution in [0.25, 0.3) is 11.1 Å². The van der Waals surface area contributed by atoms with Gasteiger partial charge >= 0.3 is 0 Å². The van der Waals surface area contributed by atoms with E-state index >= 15 is 0 Å². The summed E-state index contributed by atoms with van der Waals surface area (Å²) in [6.07, 6.45) is 0.526. The number of ketones is 1. The zero-order chi connectivity index (χ0) is 16.1. The summed E-state index contributed by atoms with van der Waals surface area (Å²) in [5.74, 6) is 0.392. The Bertz CT molecular complexity index is 626. The van der Waals surface area contributed by atoms with Crippen molar-refractivity contribution in [2.24, 2.45) is 5.92 Å². The lowest BCUT2D eigenvalue weighted by molar-refractivity contribution is -0.121. The van der Waals surface area contributed by atoms with Crippen LogP contribution in [0.1, 0.15) is 25.0 Å². The number of hydrogen-bond acceptors (Lipinski definition) is 2. The van der Waals surface area contributed by atoms with Gasteiger partial charge in [0.05, 0.1) is 0 Å². The van der Waals surface area contributed by atoms with Crippen LogP contribution in [0.3, 0.4) is 0 Å². The summed E-state index contributed by atoms with van der Waals surface area (Å²) in [6.45, 7) is 4.84. The van der Waals surface area contributed by atoms with Crippen molar-refractivity contribution >= 4 is 5.78 Å². The first-order valence-electron chi connectivity index (χ1n) is 7.81. The Kier molecular flexibility index (Phi) is 5.51. The van der Waals surface area contributed by atoms with Crippen LogP contribution in [0.15, 0.2) is 48.5 Å². The molecule has 0 spiro atoms. The minimum atomic E-state index is 0.0994. The largest absolute Gasteiger partial charge is 0.305 e. The van der Waals surface area contributed by atoms with E-state index in [1.807, 2.05) is 13.8 Å². The molecular weight excluding hydrogens is 270 g/mol. The Morgan fingerprint density at radius 1 is 0.955 bits per heavy atom. The molecule has 0 bridgehead atoms. The molecule has 2 aromatic carbocycles. The molecule has 2 nitrogen and oxygen atoms in total. The van der Waals surface area contributed by atoms with E-state index in [2.05, 4.69) is 67.5 Å². The highest BCUT2D eigenvalue weighted by atomic mass is 16.1. The zero-order valence-electron chi connectivity index (χ0n) is 14.0. The summed E-state index contributed by atoms with van der Waals surface area (Å²) in [5, 5.41) is 0. The van der Waals surface area contributed by atoms with Gasteiger partial charge in [-0.3, -0.25) is 4.79 Å². The van der Waals surface area contributed by atoms with Gasteiger partial charge in [-0.1, -0.05) is 56.3 Å². The maximum atomic E-state index is 11.8. The predicted molar refractivity (Wildman–Crippen MR) is 92.8 cm³/mol. The molecule has 0 radical (unpaired) electrons. The lowest BCUT2D eigenvalue weighted by Crippen LogP contribution is -2.10. The molecule has 0 aromatic heterocycles. The summed E-state index contributed by atoms with van der Waals surface area (Å²) in [7, 11) is 4.15. The third-order valence-electron chi connectivity index (χ3n) is 3.74. The summed E-state index contributed by atoms with van der Waals surface area (Å²) in [6, 6.07) is 17.0. The van der Waals surface area contributed by atoms with Crippen molar-refractivity contribution in [2.75, 3.05) is 14.1 Å². The second kappa shape index (κ2) is 7.37. The highest BCUT2D eigenvalue weighted by Crippen LogP contribution is 2.22. The minimum Gasteiger partial charge on any atom is -0.305 e. The second-order valence-corrected chi connectivity index (χ2v) is 6.43. The monoisotopic (exact) mass is 295 g/mol. The van der Waals surface area contributed by atoms with E-state index in [4.69, 9.17) is 0 Å². The Morgan fingerprint density at radius 3 is 2.23 bits per heavy atom. The molecule has 2 rings (SSSR count). The third-order valence-corrected chi connectivity index (χ3v) is 3.74. The molecular formula is C20H25NO. The number of rotatable bonds is 6. The molecule has 0 saturated heterocycles. The lowest BCUT2D eigenvalue weighted by Gasteiger charge is -2.11. The zero-order valence-corrected chi connectivity index (χ0v) is 14.0. The molecule has 2 heteroatoms. The topological polar surface area (TPSA) is 20.3 Å². The van der Waals surface area contributed by atoms with Crippen molar-refractivity contribution in [2.45, 2.75) is 26.8 Å². The molecule has 0 amide bonds. The minimum absolute atomic E-state index is 0.0994. The van der Waals surface area contributed by atoms with E-state index in [1.165, 1.54) is 16.7 Å². The van der Waals surface area contributed by atoms with Gasteiger partial charge in [-0.15, -0.1) is 0 Å². The molecule has 0 heterocycles. The van der Waals surface area contributed by atoms with Crippen molar-refractivity contribution in [1.29, 1.82) is 0 Å². The fraction of sp³-hybridized carbons (Fsp3) is 0.350. The van der Waals surface area contributed by atoms with Crippen molar-refractivity contribution in [3.8, 4) is 11.1 Å². The highest BCUT2D eigenvalue weighted by Gasteiger charge is 2.08. The molecule has 0 aliphatic carbocycles. The molecule has 0 saturated carbocycles. The molecule has 22 heavy (non-hydrogen) atoms. The van der Waals surface area contributed by atoms with E-state index in [9.17, 15) is 4.79 Å². The molecule has 0 aliphatic heterocycles. The van der Waals surface area contributed by atoms with Gasteiger partial charge in [0, 0.05) is 18.9 Å². The normalized spacial score (nSPS) is 11.2. The summed E-state index contributed by atoms with van der Waals surface area (Å²) in [5.41, 5.74) is 4.82. The Labute approximate surface area is 133 Å². The summed E-state index contributed by atoms with van der Waals surface area (Å²) >= 11 is 0. The second-order valence-electron chi connectivity index (χ2n) is 6.43. The van der Waals surface area contributed by atoms with Crippen LogP contribution in [-0.2, 0) is 17.8 Å². The molecule has 0 fully saturated rings. The van der Waals surface area contributed by atoms with Crippen molar-refractivity contribution in [3.63, 3.8) is 0 Å². The average molecular weight is 295 g/mol. The number of nitrogens with zero attached hydrogens (tertiary/aromatic N) is 1. The number of carbonyl (C=O) groups excluding carboxylic acids is 1. The van der Waals surface area contributed by atoms with Gasteiger partial charge in [0.1, 0.15) is 5.78 Å². The number of Topliss-reactive ketones (excluding diaryl/α,β-unsaturated/α-hetero) is 1. The van der Waals surface area contributed by atoms with E-state index in [0.29, 0.717) is 12.2 Å². The van der Waals surface area contributed by atoms with E-state index in [0.717, 1.165) is 12.1 Å². The highest BCUT2D eigenvalue weighted by molar-refractivity contribution is 5.82. The molecule has 0 N–H and O–H groups in total. The van der Waals surface area contributed by atoms with Gasteiger partial charge in [-0.25, -0.2) is 0 Å². The van der Waals surface area contributed by atoms with Gasteiger partial charge in [0.2, 0.25) is 0 Å². The SMILES string of the molecule is CC(C)C(=O)Cc1ccc(-c2cccc(CN(C)C)c2)cc1. The van der Waals surface area contributed by atoms with Crippen LogP contribution in [0, 0.1) is 5.92 Å². The van der Waals surface area contributed by atoms with Crippen LogP contribution in [0.4, 0.5) is 0 Å². The Morgan fingerprint density at radius 2 is 1.64 bits per heavy atom. The van der Waals surface area contributed by atoms with Crippen LogP contribution in [0.5, 0.6) is 0 Å². The molecule has 0 aliphatic rings. The van der Waals surface area contributed by atoms with Gasteiger partial charge < -0.3 is 4.90 Å². The number of carbonyl (C=O) groups is 1. The molecule has 116 valence electrons. The van der Waals surface area contributed by atoms with E-state index < -0.39 is 0 Å². The standard InChI is InChI=1S/C20H25NO/c1-15(2)20(22)13-16-8-10-18(11-9-16)19-7-5-6-17(12-19)14-21(3)4/h5-12,15H,13-14H2,1-4H3. The first-order chi connectivity index (χ1) is 10.5. The summed E-state index contributed by atoms with van der Waals surface area (Å²) in [4.78, 5) is 14.0. The number of hydrogen-bond donors (Lipinski definition) is 0. The number of benzene rings is 2. The van der Waals surface area contributed by atoms with Gasteiger partial charge in [-0.2, -0.15) is 0 Å². The first-order valence-corrected chi connectivity index (χ1v) is 7.81. The van der Waals surface area contributed by atoms with Crippen LogP contribution in [0.2, 0.25) is 0 Å². The Hall–Kier alpha value is -1.93. The maximum Gasteiger partial charge on any atom is 0.139 e. The van der Waals surface area contributed by atoms with Crippen molar-refractivity contribution < 1.29 is 4.79 Å². The fourth-order valence-corrected chi connectivity index (χ4v) is 2.43. The molecule has 0 atom stereocenters. The van der Waals surface area contributed by atoms with E-state index in [-0.39, 0.29) is 5.92 Å².